The Hall–Kier alpha value is -3.06. The minimum absolute atomic E-state index is 0.0738. The quantitative estimate of drug-likeness (QED) is 0.612. The molecule has 0 amide bonds. The number of benzene rings is 2. The number of thiazole rings is 1. The number of phenolic OH excluding ortho intramolecular Hbond substituents is 1. The third-order valence-corrected chi connectivity index (χ3v) is 4.66. The molecule has 3 rings (SSSR count). The van der Waals surface area contributed by atoms with Crippen LogP contribution < -0.4 is 9.47 Å². The molecule has 140 valence electrons. The minimum atomic E-state index is -0.465. The molecule has 0 aliphatic carbocycles. The SMILES string of the molecule is CCOc1ccc(-c2nc(COC(=O)c3ccc(O)cc3)cs2)cc1OC. The zero-order chi connectivity index (χ0) is 19.2. The summed E-state index contributed by atoms with van der Waals surface area (Å²) in [6, 6.07) is 11.5. The molecule has 2 aromatic carbocycles. The molecule has 27 heavy (non-hydrogen) atoms. The van der Waals surface area contributed by atoms with Gasteiger partial charge in [-0.3, -0.25) is 0 Å². The number of aromatic nitrogens is 1. The van der Waals surface area contributed by atoms with Crippen LogP contribution in [0.5, 0.6) is 17.2 Å². The van der Waals surface area contributed by atoms with E-state index in [-0.39, 0.29) is 12.4 Å². The van der Waals surface area contributed by atoms with E-state index in [1.165, 1.54) is 35.6 Å². The van der Waals surface area contributed by atoms with Crippen LogP contribution in [0.25, 0.3) is 10.6 Å². The molecule has 0 aliphatic heterocycles. The average molecular weight is 385 g/mol. The number of hydrogen-bond acceptors (Lipinski definition) is 7. The Balaban J connectivity index is 1.67. The van der Waals surface area contributed by atoms with Crippen molar-refractivity contribution in [2.24, 2.45) is 0 Å². The van der Waals surface area contributed by atoms with E-state index >= 15 is 0 Å². The van der Waals surface area contributed by atoms with Crippen LogP contribution in [0.1, 0.15) is 23.0 Å². The van der Waals surface area contributed by atoms with Gasteiger partial charge < -0.3 is 19.3 Å². The maximum absolute atomic E-state index is 12.0. The van der Waals surface area contributed by atoms with Crippen LogP contribution in [0.2, 0.25) is 0 Å². The van der Waals surface area contributed by atoms with Crippen LogP contribution in [0.15, 0.2) is 47.8 Å². The predicted octanol–water partition coefficient (Wildman–Crippen LogP) is 4.28. The molecule has 7 heteroatoms. The van der Waals surface area contributed by atoms with Crippen molar-refractivity contribution in [3.63, 3.8) is 0 Å². The van der Waals surface area contributed by atoms with Crippen molar-refractivity contribution in [1.29, 1.82) is 0 Å². The molecule has 0 fully saturated rings. The molecule has 6 nitrogen and oxygen atoms in total. The fourth-order valence-electron chi connectivity index (χ4n) is 2.40. The maximum atomic E-state index is 12.0. The zero-order valence-corrected chi connectivity index (χ0v) is 15.8. The Morgan fingerprint density at radius 3 is 2.63 bits per heavy atom. The van der Waals surface area contributed by atoms with Crippen molar-refractivity contribution in [3.8, 4) is 27.8 Å². The zero-order valence-electron chi connectivity index (χ0n) is 15.0. The van der Waals surface area contributed by atoms with Crippen molar-refractivity contribution < 1.29 is 24.1 Å². The highest BCUT2D eigenvalue weighted by Crippen LogP contribution is 2.33. The van der Waals surface area contributed by atoms with Crippen LogP contribution in [0, 0.1) is 0 Å². The summed E-state index contributed by atoms with van der Waals surface area (Å²) in [6.45, 7) is 2.55. The molecule has 0 radical (unpaired) electrons. The van der Waals surface area contributed by atoms with E-state index in [9.17, 15) is 9.90 Å². The number of phenols is 1. The third kappa shape index (κ3) is 4.57. The molecule has 1 aromatic heterocycles. The van der Waals surface area contributed by atoms with Crippen molar-refractivity contribution in [2.75, 3.05) is 13.7 Å². The first-order valence-electron chi connectivity index (χ1n) is 8.32. The van der Waals surface area contributed by atoms with E-state index in [0.717, 1.165) is 10.6 Å². The minimum Gasteiger partial charge on any atom is -0.508 e. The Kier molecular flexibility index (Phi) is 5.93. The number of aromatic hydroxyl groups is 1. The second kappa shape index (κ2) is 8.55. The second-order valence-electron chi connectivity index (χ2n) is 5.57. The summed E-state index contributed by atoms with van der Waals surface area (Å²) >= 11 is 1.46. The fourth-order valence-corrected chi connectivity index (χ4v) is 3.20. The number of hydrogen-bond donors (Lipinski definition) is 1. The lowest BCUT2D eigenvalue weighted by molar-refractivity contribution is 0.0468. The van der Waals surface area contributed by atoms with Gasteiger partial charge in [0.2, 0.25) is 0 Å². The van der Waals surface area contributed by atoms with Crippen LogP contribution in [0.4, 0.5) is 0 Å². The van der Waals surface area contributed by atoms with Gasteiger partial charge in [0.15, 0.2) is 11.5 Å². The standard InChI is InChI=1S/C20H19NO5S/c1-3-25-17-9-6-14(10-18(17)24-2)19-21-15(12-27-19)11-26-20(23)13-4-7-16(22)8-5-13/h4-10,12,22H,3,11H2,1-2H3. The van der Waals surface area contributed by atoms with Gasteiger partial charge in [0, 0.05) is 10.9 Å². The number of carbonyl (C=O) groups excluding carboxylic acids is 1. The molecule has 0 aliphatic rings. The van der Waals surface area contributed by atoms with Gasteiger partial charge in [0.05, 0.1) is 25.0 Å². The van der Waals surface area contributed by atoms with Crippen molar-refractivity contribution in [3.05, 3.63) is 59.1 Å². The number of methoxy groups -OCH3 is 1. The van der Waals surface area contributed by atoms with Crippen LogP contribution in [-0.2, 0) is 11.3 Å². The summed E-state index contributed by atoms with van der Waals surface area (Å²) < 4.78 is 16.2. The molecule has 0 spiro atoms. The fraction of sp³-hybridized carbons (Fsp3) is 0.200. The molecule has 0 atom stereocenters. The molecule has 0 saturated heterocycles. The Morgan fingerprint density at radius 1 is 1.15 bits per heavy atom. The van der Waals surface area contributed by atoms with Crippen LogP contribution >= 0.6 is 11.3 Å². The van der Waals surface area contributed by atoms with E-state index in [2.05, 4.69) is 4.98 Å². The van der Waals surface area contributed by atoms with E-state index < -0.39 is 5.97 Å². The average Bonchev–Trinajstić information content (AvgIpc) is 3.16. The first-order chi connectivity index (χ1) is 13.1. The van der Waals surface area contributed by atoms with Gasteiger partial charge in [-0.2, -0.15) is 0 Å². The van der Waals surface area contributed by atoms with Crippen LogP contribution in [0.3, 0.4) is 0 Å². The largest absolute Gasteiger partial charge is 0.508 e. The summed E-state index contributed by atoms with van der Waals surface area (Å²) in [5.41, 5.74) is 1.94. The lowest BCUT2D eigenvalue weighted by Gasteiger charge is -2.09. The van der Waals surface area contributed by atoms with E-state index in [0.29, 0.717) is 29.4 Å². The number of nitrogens with zero attached hydrogens (tertiary/aromatic N) is 1. The molecule has 3 aromatic rings. The topological polar surface area (TPSA) is 77.9 Å². The van der Waals surface area contributed by atoms with Gasteiger partial charge in [-0.05, 0) is 49.4 Å². The molecule has 0 bridgehead atoms. The lowest BCUT2D eigenvalue weighted by Crippen LogP contribution is -2.05. The summed E-state index contributed by atoms with van der Waals surface area (Å²) in [7, 11) is 1.59. The smallest absolute Gasteiger partial charge is 0.338 e. The highest BCUT2D eigenvalue weighted by molar-refractivity contribution is 7.13. The van der Waals surface area contributed by atoms with Gasteiger partial charge in [-0.1, -0.05) is 0 Å². The van der Waals surface area contributed by atoms with Gasteiger partial charge in [-0.15, -0.1) is 11.3 Å². The molecule has 0 unspecified atom stereocenters. The predicted molar refractivity (Wildman–Crippen MR) is 102 cm³/mol. The van der Waals surface area contributed by atoms with Gasteiger partial charge in [0.1, 0.15) is 17.4 Å². The van der Waals surface area contributed by atoms with E-state index in [1.807, 2.05) is 30.5 Å². The Labute approximate surface area is 161 Å². The van der Waals surface area contributed by atoms with Crippen molar-refractivity contribution in [1.82, 2.24) is 4.98 Å². The van der Waals surface area contributed by atoms with Crippen molar-refractivity contribution >= 4 is 17.3 Å². The molecule has 0 saturated carbocycles. The summed E-state index contributed by atoms with van der Waals surface area (Å²) in [5.74, 6) is 0.960. The monoisotopic (exact) mass is 385 g/mol. The molecular formula is C20H19NO5S. The normalized spacial score (nSPS) is 10.4. The van der Waals surface area contributed by atoms with Gasteiger partial charge in [0.25, 0.3) is 0 Å². The van der Waals surface area contributed by atoms with Crippen LogP contribution in [-0.4, -0.2) is 29.8 Å². The molecular weight excluding hydrogens is 366 g/mol. The highest BCUT2D eigenvalue weighted by Gasteiger charge is 2.12. The Morgan fingerprint density at radius 2 is 1.93 bits per heavy atom. The summed E-state index contributed by atoms with van der Waals surface area (Å²) in [5, 5.41) is 11.9. The summed E-state index contributed by atoms with van der Waals surface area (Å²) in [6.07, 6.45) is 0. The van der Waals surface area contributed by atoms with E-state index in [1.54, 1.807) is 7.11 Å². The van der Waals surface area contributed by atoms with Gasteiger partial charge in [-0.25, -0.2) is 9.78 Å². The number of esters is 1. The van der Waals surface area contributed by atoms with Gasteiger partial charge >= 0.3 is 5.97 Å². The molecule has 1 heterocycles. The number of ether oxygens (including phenoxy) is 3. The molecule has 1 N–H and O–H groups in total. The highest BCUT2D eigenvalue weighted by atomic mass is 32.1. The lowest BCUT2D eigenvalue weighted by atomic mass is 10.2. The third-order valence-electron chi connectivity index (χ3n) is 3.72. The van der Waals surface area contributed by atoms with E-state index in [4.69, 9.17) is 14.2 Å². The first-order valence-corrected chi connectivity index (χ1v) is 9.20. The van der Waals surface area contributed by atoms with Crippen molar-refractivity contribution in [2.45, 2.75) is 13.5 Å². The maximum Gasteiger partial charge on any atom is 0.338 e. The number of rotatable bonds is 7. The number of carbonyl (C=O) groups is 1. The summed E-state index contributed by atoms with van der Waals surface area (Å²) in [4.78, 5) is 16.5. The second-order valence-corrected chi connectivity index (χ2v) is 6.42. The Bertz CT molecular complexity index is 920. The first kappa shape index (κ1) is 18.7.